The summed E-state index contributed by atoms with van der Waals surface area (Å²) >= 11 is 0. The maximum absolute atomic E-state index is 11.9. The second kappa shape index (κ2) is 7.49. The fraction of sp³-hybridized carbons (Fsp3) is 0.412. The molecule has 1 aromatic rings. The van der Waals surface area contributed by atoms with Crippen molar-refractivity contribution in [2.24, 2.45) is 11.5 Å². The zero-order valence-corrected chi connectivity index (χ0v) is 12.7. The first kappa shape index (κ1) is 16.8. The van der Waals surface area contributed by atoms with Crippen LogP contribution in [0.25, 0.3) is 0 Å². The van der Waals surface area contributed by atoms with Crippen molar-refractivity contribution >= 4 is 11.8 Å². The van der Waals surface area contributed by atoms with Crippen molar-refractivity contribution in [2.45, 2.75) is 46.0 Å². The SMILES string of the molecule is C#CCc1cc(C(N)=O)c(CCC)c(C(N)=O)c1CCC. The molecule has 1 aromatic carbocycles. The molecule has 2 amide bonds. The van der Waals surface area contributed by atoms with E-state index in [1.54, 1.807) is 6.07 Å². The number of hydrogen-bond acceptors (Lipinski definition) is 2. The van der Waals surface area contributed by atoms with E-state index in [0.29, 0.717) is 36.0 Å². The molecule has 0 saturated heterocycles. The average molecular weight is 286 g/mol. The summed E-state index contributed by atoms with van der Waals surface area (Å²) in [6.45, 7) is 4.00. The summed E-state index contributed by atoms with van der Waals surface area (Å²) in [4.78, 5) is 23.7. The van der Waals surface area contributed by atoms with Crippen molar-refractivity contribution < 1.29 is 9.59 Å². The second-order valence-corrected chi connectivity index (χ2v) is 5.02. The molecule has 0 saturated carbocycles. The largest absolute Gasteiger partial charge is 0.366 e. The Kier molecular flexibility index (Phi) is 5.98. The zero-order valence-electron chi connectivity index (χ0n) is 12.7. The number of terminal acetylenes is 1. The molecular formula is C17H22N2O2. The molecule has 0 aliphatic heterocycles. The van der Waals surface area contributed by atoms with E-state index in [4.69, 9.17) is 17.9 Å². The smallest absolute Gasteiger partial charge is 0.249 e. The van der Waals surface area contributed by atoms with E-state index >= 15 is 0 Å². The Hall–Kier alpha value is -2.28. The number of nitrogens with two attached hydrogens (primary N) is 2. The van der Waals surface area contributed by atoms with Gasteiger partial charge in [0.2, 0.25) is 11.8 Å². The van der Waals surface area contributed by atoms with Gasteiger partial charge in [-0.2, -0.15) is 0 Å². The first-order chi connectivity index (χ1) is 9.97. The lowest BCUT2D eigenvalue weighted by Crippen LogP contribution is -2.23. The Balaban J connectivity index is 3.75. The third-order valence-corrected chi connectivity index (χ3v) is 3.44. The van der Waals surface area contributed by atoms with Crippen molar-refractivity contribution in [1.82, 2.24) is 0 Å². The van der Waals surface area contributed by atoms with Crippen molar-refractivity contribution in [3.05, 3.63) is 33.9 Å². The van der Waals surface area contributed by atoms with E-state index in [2.05, 4.69) is 5.92 Å². The molecule has 1 rings (SSSR count). The van der Waals surface area contributed by atoms with Gasteiger partial charge < -0.3 is 11.5 Å². The number of amides is 2. The van der Waals surface area contributed by atoms with E-state index in [1.165, 1.54) is 0 Å². The van der Waals surface area contributed by atoms with Gasteiger partial charge in [0.1, 0.15) is 0 Å². The third kappa shape index (κ3) is 3.63. The predicted molar refractivity (Wildman–Crippen MR) is 84.0 cm³/mol. The Morgan fingerprint density at radius 1 is 1.10 bits per heavy atom. The molecule has 0 bridgehead atoms. The minimum Gasteiger partial charge on any atom is -0.366 e. The van der Waals surface area contributed by atoms with Gasteiger partial charge in [-0.25, -0.2) is 0 Å². The molecule has 0 aliphatic carbocycles. The summed E-state index contributed by atoms with van der Waals surface area (Å²) in [6.07, 6.45) is 8.68. The summed E-state index contributed by atoms with van der Waals surface area (Å²) in [7, 11) is 0. The van der Waals surface area contributed by atoms with Gasteiger partial charge in [0, 0.05) is 17.5 Å². The Bertz CT molecular complexity index is 598. The lowest BCUT2D eigenvalue weighted by molar-refractivity contribution is 0.0998. The molecule has 4 heteroatoms. The Morgan fingerprint density at radius 2 is 1.67 bits per heavy atom. The highest BCUT2D eigenvalue weighted by molar-refractivity contribution is 6.02. The van der Waals surface area contributed by atoms with Crippen molar-refractivity contribution in [3.63, 3.8) is 0 Å². The number of carbonyl (C=O) groups is 2. The summed E-state index contributed by atoms with van der Waals surface area (Å²) in [6, 6.07) is 1.73. The van der Waals surface area contributed by atoms with Gasteiger partial charge >= 0.3 is 0 Å². The average Bonchev–Trinajstić information content (AvgIpc) is 2.41. The molecular weight excluding hydrogens is 264 g/mol. The lowest BCUT2D eigenvalue weighted by atomic mass is 9.86. The van der Waals surface area contributed by atoms with Crippen LogP contribution in [0.5, 0.6) is 0 Å². The van der Waals surface area contributed by atoms with Gasteiger partial charge in [0.25, 0.3) is 0 Å². The minimum absolute atomic E-state index is 0.350. The molecule has 4 N–H and O–H groups in total. The van der Waals surface area contributed by atoms with Gasteiger partial charge in [0.05, 0.1) is 0 Å². The van der Waals surface area contributed by atoms with E-state index in [0.717, 1.165) is 24.0 Å². The fourth-order valence-corrected chi connectivity index (χ4v) is 2.66. The maximum Gasteiger partial charge on any atom is 0.249 e. The maximum atomic E-state index is 11.9. The molecule has 21 heavy (non-hydrogen) atoms. The molecule has 0 aromatic heterocycles. The Labute approximate surface area is 125 Å². The summed E-state index contributed by atoms with van der Waals surface area (Å²) in [5.41, 5.74) is 14.1. The highest BCUT2D eigenvalue weighted by Gasteiger charge is 2.22. The number of carbonyl (C=O) groups excluding carboxylic acids is 2. The molecule has 0 unspecified atom stereocenters. The molecule has 112 valence electrons. The van der Waals surface area contributed by atoms with Gasteiger partial charge in [0.15, 0.2) is 0 Å². The zero-order chi connectivity index (χ0) is 16.0. The third-order valence-electron chi connectivity index (χ3n) is 3.44. The van der Waals surface area contributed by atoms with Gasteiger partial charge in [-0.15, -0.1) is 12.3 Å². The van der Waals surface area contributed by atoms with Crippen LogP contribution in [0.2, 0.25) is 0 Å². The predicted octanol–water partition coefficient (Wildman–Crippen LogP) is 1.97. The topological polar surface area (TPSA) is 86.2 Å². The highest BCUT2D eigenvalue weighted by Crippen LogP contribution is 2.26. The van der Waals surface area contributed by atoms with Gasteiger partial charge in [-0.1, -0.05) is 26.7 Å². The van der Waals surface area contributed by atoms with Crippen LogP contribution in [0.15, 0.2) is 6.07 Å². The molecule has 0 atom stereocenters. The molecule has 0 aliphatic rings. The number of primary amides is 2. The number of benzene rings is 1. The fourth-order valence-electron chi connectivity index (χ4n) is 2.66. The van der Waals surface area contributed by atoms with Crippen LogP contribution in [-0.4, -0.2) is 11.8 Å². The summed E-state index contributed by atoms with van der Waals surface area (Å²) in [5.74, 6) is 1.48. The summed E-state index contributed by atoms with van der Waals surface area (Å²) < 4.78 is 0. The second-order valence-electron chi connectivity index (χ2n) is 5.02. The molecule has 4 nitrogen and oxygen atoms in total. The van der Waals surface area contributed by atoms with E-state index in [1.807, 2.05) is 13.8 Å². The van der Waals surface area contributed by atoms with Crippen molar-refractivity contribution in [2.75, 3.05) is 0 Å². The first-order valence-electron chi connectivity index (χ1n) is 7.18. The normalized spacial score (nSPS) is 10.1. The van der Waals surface area contributed by atoms with Gasteiger partial charge in [-0.05, 0) is 35.6 Å². The van der Waals surface area contributed by atoms with E-state index in [-0.39, 0.29) is 0 Å². The quantitative estimate of drug-likeness (QED) is 0.751. The van der Waals surface area contributed by atoms with Crippen molar-refractivity contribution in [3.8, 4) is 12.3 Å². The van der Waals surface area contributed by atoms with Crippen LogP contribution < -0.4 is 11.5 Å². The lowest BCUT2D eigenvalue weighted by Gasteiger charge is -2.18. The number of rotatable bonds is 7. The monoisotopic (exact) mass is 286 g/mol. The summed E-state index contributed by atoms with van der Waals surface area (Å²) in [5, 5.41) is 0. The van der Waals surface area contributed by atoms with Crippen LogP contribution in [0.4, 0.5) is 0 Å². The van der Waals surface area contributed by atoms with Crippen LogP contribution >= 0.6 is 0 Å². The van der Waals surface area contributed by atoms with Crippen LogP contribution in [0.1, 0.15) is 64.1 Å². The highest BCUT2D eigenvalue weighted by atomic mass is 16.1. The van der Waals surface area contributed by atoms with E-state index in [9.17, 15) is 9.59 Å². The number of hydrogen-bond donors (Lipinski definition) is 2. The van der Waals surface area contributed by atoms with Crippen LogP contribution in [0, 0.1) is 12.3 Å². The van der Waals surface area contributed by atoms with Crippen LogP contribution in [0.3, 0.4) is 0 Å². The molecule has 0 heterocycles. The van der Waals surface area contributed by atoms with Gasteiger partial charge in [-0.3, -0.25) is 9.59 Å². The van der Waals surface area contributed by atoms with Crippen molar-refractivity contribution in [1.29, 1.82) is 0 Å². The van der Waals surface area contributed by atoms with E-state index < -0.39 is 11.8 Å². The Morgan fingerprint density at radius 3 is 2.10 bits per heavy atom. The minimum atomic E-state index is -0.553. The van der Waals surface area contributed by atoms with Crippen LogP contribution in [-0.2, 0) is 19.3 Å². The molecule has 0 radical (unpaired) electrons. The standard InChI is InChI=1S/C17H22N2O2/c1-4-7-11-10-14(16(18)20)13(9-6-3)15(17(19)21)12(11)8-5-2/h1,10H,5-9H2,2-3H3,(H2,18,20)(H2,19,21). The first-order valence-corrected chi connectivity index (χ1v) is 7.18. The molecule has 0 fully saturated rings. The molecule has 0 spiro atoms.